The molecule has 1 aliphatic carbocycles. The van der Waals surface area contributed by atoms with E-state index < -0.39 is 0 Å². The molecule has 2 nitrogen and oxygen atoms in total. The summed E-state index contributed by atoms with van der Waals surface area (Å²) >= 11 is 0. The highest BCUT2D eigenvalue weighted by molar-refractivity contribution is 5.13. The van der Waals surface area contributed by atoms with Gasteiger partial charge in [-0.2, -0.15) is 0 Å². The Kier molecular flexibility index (Phi) is 5.20. The van der Waals surface area contributed by atoms with E-state index in [0.29, 0.717) is 17.5 Å². The molecular formula is C18H30N2. The number of rotatable bonds is 3. The van der Waals surface area contributed by atoms with Gasteiger partial charge in [0.2, 0.25) is 0 Å². The number of nitrogens with zero attached hydrogens (tertiary/aromatic N) is 1. The van der Waals surface area contributed by atoms with Crippen LogP contribution in [0.4, 0.5) is 0 Å². The van der Waals surface area contributed by atoms with Crippen LogP contribution in [-0.4, -0.2) is 11.0 Å². The summed E-state index contributed by atoms with van der Waals surface area (Å²) in [6, 6.07) is 5.26. The lowest BCUT2D eigenvalue weighted by Crippen LogP contribution is -2.31. The lowest BCUT2D eigenvalue weighted by molar-refractivity contribution is 0.213. The number of hydrogen-bond donors (Lipinski definition) is 1. The van der Waals surface area contributed by atoms with Crippen LogP contribution in [0.5, 0.6) is 0 Å². The molecule has 3 atom stereocenters. The molecule has 1 aliphatic rings. The highest BCUT2D eigenvalue weighted by atomic mass is 14.9. The lowest BCUT2D eigenvalue weighted by atomic mass is 9.76. The molecule has 1 aromatic rings. The second kappa shape index (κ2) is 6.71. The van der Waals surface area contributed by atoms with E-state index in [1.165, 1.54) is 37.7 Å². The molecular weight excluding hydrogens is 244 g/mol. The van der Waals surface area contributed by atoms with Crippen LogP contribution in [0.1, 0.15) is 71.4 Å². The van der Waals surface area contributed by atoms with Crippen molar-refractivity contribution >= 4 is 0 Å². The van der Waals surface area contributed by atoms with Crippen molar-refractivity contribution in [1.82, 2.24) is 10.3 Å². The summed E-state index contributed by atoms with van der Waals surface area (Å²) < 4.78 is 0. The van der Waals surface area contributed by atoms with E-state index in [0.717, 1.165) is 5.92 Å². The van der Waals surface area contributed by atoms with Crippen molar-refractivity contribution in [2.45, 2.75) is 71.9 Å². The Bertz CT molecular complexity index is 394. The Balaban J connectivity index is 1.88. The first-order valence-corrected chi connectivity index (χ1v) is 8.13. The Labute approximate surface area is 124 Å². The molecule has 20 heavy (non-hydrogen) atoms. The highest BCUT2D eigenvalue weighted by Crippen LogP contribution is 2.37. The number of nitrogens with one attached hydrogen (secondary N) is 1. The van der Waals surface area contributed by atoms with Gasteiger partial charge in [-0.05, 0) is 55.6 Å². The van der Waals surface area contributed by atoms with Crippen molar-refractivity contribution in [1.29, 1.82) is 0 Å². The van der Waals surface area contributed by atoms with Crippen LogP contribution in [0.25, 0.3) is 0 Å². The van der Waals surface area contributed by atoms with Gasteiger partial charge in [-0.1, -0.05) is 33.3 Å². The van der Waals surface area contributed by atoms with Gasteiger partial charge in [0.25, 0.3) is 0 Å². The first-order chi connectivity index (χ1) is 9.47. The van der Waals surface area contributed by atoms with Crippen LogP contribution in [0.15, 0.2) is 24.5 Å². The Hall–Kier alpha value is -0.890. The Morgan fingerprint density at radius 2 is 2.00 bits per heavy atom. The summed E-state index contributed by atoms with van der Waals surface area (Å²) in [5.41, 5.74) is 1.76. The van der Waals surface area contributed by atoms with Crippen molar-refractivity contribution in [3.05, 3.63) is 30.1 Å². The van der Waals surface area contributed by atoms with Gasteiger partial charge in [-0.25, -0.2) is 0 Å². The zero-order valence-electron chi connectivity index (χ0n) is 13.5. The molecule has 1 saturated carbocycles. The molecule has 1 N–H and O–H groups in total. The van der Waals surface area contributed by atoms with Crippen molar-refractivity contribution in [3.63, 3.8) is 0 Å². The molecule has 0 amide bonds. The largest absolute Gasteiger partial charge is 0.307 e. The molecule has 0 spiro atoms. The molecule has 2 unspecified atom stereocenters. The SMILES string of the molecule is C[C@@H](NC1CCCC(C(C)(C)C)CC1)c1cccnc1. The average Bonchev–Trinajstić information content (AvgIpc) is 2.65. The first kappa shape index (κ1) is 15.5. The topological polar surface area (TPSA) is 24.9 Å². The number of aromatic nitrogens is 1. The van der Waals surface area contributed by atoms with Crippen LogP contribution in [0.2, 0.25) is 0 Å². The maximum atomic E-state index is 4.22. The van der Waals surface area contributed by atoms with Crippen molar-refractivity contribution in [2.24, 2.45) is 11.3 Å². The second-order valence-electron chi connectivity index (χ2n) is 7.44. The van der Waals surface area contributed by atoms with Crippen LogP contribution in [-0.2, 0) is 0 Å². The van der Waals surface area contributed by atoms with Gasteiger partial charge in [0.1, 0.15) is 0 Å². The summed E-state index contributed by atoms with van der Waals surface area (Å²) in [6.07, 6.45) is 10.6. The summed E-state index contributed by atoms with van der Waals surface area (Å²) in [7, 11) is 0. The van der Waals surface area contributed by atoms with Crippen molar-refractivity contribution in [3.8, 4) is 0 Å². The highest BCUT2D eigenvalue weighted by Gasteiger charge is 2.28. The molecule has 2 heteroatoms. The minimum absolute atomic E-state index is 0.403. The van der Waals surface area contributed by atoms with E-state index in [1.807, 2.05) is 18.5 Å². The van der Waals surface area contributed by atoms with E-state index in [-0.39, 0.29) is 0 Å². The summed E-state index contributed by atoms with van der Waals surface area (Å²) in [6.45, 7) is 9.43. The summed E-state index contributed by atoms with van der Waals surface area (Å²) in [4.78, 5) is 4.22. The molecule has 1 heterocycles. The molecule has 0 aromatic carbocycles. The predicted molar refractivity (Wildman–Crippen MR) is 85.6 cm³/mol. The first-order valence-electron chi connectivity index (χ1n) is 8.13. The second-order valence-corrected chi connectivity index (χ2v) is 7.44. The number of pyridine rings is 1. The fraction of sp³-hybridized carbons (Fsp3) is 0.722. The van der Waals surface area contributed by atoms with E-state index >= 15 is 0 Å². The third-order valence-corrected chi connectivity index (χ3v) is 4.86. The smallest absolute Gasteiger partial charge is 0.0315 e. The van der Waals surface area contributed by atoms with Crippen molar-refractivity contribution in [2.75, 3.05) is 0 Å². The van der Waals surface area contributed by atoms with Crippen LogP contribution in [0.3, 0.4) is 0 Å². The normalized spacial score (nSPS) is 26.0. The zero-order valence-corrected chi connectivity index (χ0v) is 13.5. The molecule has 2 rings (SSSR count). The van der Waals surface area contributed by atoms with E-state index in [4.69, 9.17) is 0 Å². The van der Waals surface area contributed by atoms with Gasteiger partial charge in [0, 0.05) is 24.5 Å². The molecule has 0 bridgehead atoms. The van der Waals surface area contributed by atoms with Gasteiger partial charge < -0.3 is 5.32 Å². The van der Waals surface area contributed by atoms with Gasteiger partial charge >= 0.3 is 0 Å². The summed E-state index contributed by atoms with van der Waals surface area (Å²) in [5, 5.41) is 3.81. The number of hydrogen-bond acceptors (Lipinski definition) is 2. The predicted octanol–water partition coefficient (Wildman–Crippen LogP) is 4.73. The standard InChI is InChI=1S/C18H30N2/c1-14(15-7-6-12-19-13-15)20-17-9-5-8-16(10-11-17)18(2,3)4/h6-7,12-14,16-17,20H,5,8-11H2,1-4H3/t14-,16?,17?/m1/s1. The molecule has 0 radical (unpaired) electrons. The van der Waals surface area contributed by atoms with E-state index in [2.05, 4.69) is 44.1 Å². The summed E-state index contributed by atoms with van der Waals surface area (Å²) in [5.74, 6) is 0.878. The van der Waals surface area contributed by atoms with Gasteiger partial charge in [0.15, 0.2) is 0 Å². The minimum atomic E-state index is 0.403. The third kappa shape index (κ3) is 4.31. The Morgan fingerprint density at radius 3 is 2.65 bits per heavy atom. The fourth-order valence-corrected chi connectivity index (χ4v) is 3.42. The molecule has 0 saturated heterocycles. The van der Waals surface area contributed by atoms with Crippen LogP contribution in [0, 0.1) is 11.3 Å². The molecule has 0 aliphatic heterocycles. The monoisotopic (exact) mass is 274 g/mol. The van der Waals surface area contributed by atoms with Gasteiger partial charge in [0.05, 0.1) is 0 Å². The van der Waals surface area contributed by atoms with Crippen LogP contribution < -0.4 is 5.32 Å². The lowest BCUT2D eigenvalue weighted by Gasteiger charge is -2.30. The van der Waals surface area contributed by atoms with E-state index in [1.54, 1.807) is 0 Å². The van der Waals surface area contributed by atoms with E-state index in [9.17, 15) is 0 Å². The zero-order chi connectivity index (χ0) is 14.6. The molecule has 1 aromatic heterocycles. The average molecular weight is 274 g/mol. The van der Waals surface area contributed by atoms with Gasteiger partial charge in [-0.3, -0.25) is 4.98 Å². The maximum Gasteiger partial charge on any atom is 0.0315 e. The third-order valence-electron chi connectivity index (χ3n) is 4.86. The van der Waals surface area contributed by atoms with Crippen LogP contribution >= 0.6 is 0 Å². The van der Waals surface area contributed by atoms with Crippen molar-refractivity contribution < 1.29 is 0 Å². The van der Waals surface area contributed by atoms with Gasteiger partial charge in [-0.15, -0.1) is 0 Å². The molecule has 112 valence electrons. The fourth-order valence-electron chi connectivity index (χ4n) is 3.42. The quantitative estimate of drug-likeness (QED) is 0.806. The Morgan fingerprint density at radius 1 is 1.20 bits per heavy atom. The maximum absolute atomic E-state index is 4.22. The minimum Gasteiger partial charge on any atom is -0.307 e. The molecule has 1 fully saturated rings.